The van der Waals surface area contributed by atoms with Crippen molar-refractivity contribution in [3.8, 4) is 0 Å². The first-order valence-electron chi connectivity index (χ1n) is 28.3. The molecule has 5 heteroatoms. The van der Waals surface area contributed by atoms with Crippen LogP contribution < -0.4 is 63.7 Å². The molecule has 414 valence electrons. The zero-order valence-electron chi connectivity index (χ0n) is 47.3. The Labute approximate surface area is 518 Å². The normalized spacial score (nSPS) is 10.3. The monoisotopic (exact) mass is 1250 g/mol. The van der Waals surface area contributed by atoms with Gasteiger partial charge in [0.25, 0.3) is 0 Å². The molecular weight excluding hydrogens is 1180 g/mol. The van der Waals surface area contributed by atoms with Crippen molar-refractivity contribution in [2.45, 2.75) is 6.92 Å². The molecule has 0 atom stereocenters. The van der Waals surface area contributed by atoms with Crippen LogP contribution in [0.2, 0.25) is 0 Å². The molecule has 0 saturated carbocycles. The van der Waals surface area contributed by atoms with Gasteiger partial charge in [-0.15, -0.1) is 0 Å². The van der Waals surface area contributed by atoms with Crippen LogP contribution in [0, 0.1) is 6.92 Å². The minimum Gasteiger partial charge on any atom is -0.0622 e. The van der Waals surface area contributed by atoms with Gasteiger partial charge in [-0.3, -0.25) is 0 Å². The minimum atomic E-state index is -0.877. The molecular formula is C79H72P4Pd+4. The molecule has 0 aromatic heterocycles. The summed E-state index contributed by atoms with van der Waals surface area (Å²) in [5, 5.41) is 17.2. The molecule has 0 amide bonds. The van der Waals surface area contributed by atoms with E-state index < -0.39 is 31.7 Å². The predicted molar refractivity (Wildman–Crippen MR) is 377 cm³/mol. The molecule has 0 aliphatic carbocycles. The molecule has 84 heavy (non-hydrogen) atoms. The summed E-state index contributed by atoms with van der Waals surface area (Å²) >= 11 is 0. The third-order valence-corrected chi connectivity index (χ3v) is 24.6. The van der Waals surface area contributed by atoms with Crippen molar-refractivity contribution in [3.05, 3.63) is 400 Å². The average molecular weight is 1250 g/mol. The zero-order chi connectivity index (χ0) is 56.8. The van der Waals surface area contributed by atoms with Crippen LogP contribution in [0.5, 0.6) is 0 Å². The number of aryl methyl sites for hydroxylation is 1. The largest absolute Gasteiger partial charge is 0.102 e. The second-order valence-corrected chi connectivity index (χ2v) is 29.5. The molecule has 0 unspecified atom stereocenters. The van der Waals surface area contributed by atoms with E-state index in [9.17, 15) is 0 Å². The van der Waals surface area contributed by atoms with E-state index in [0.29, 0.717) is 0 Å². The summed E-state index contributed by atoms with van der Waals surface area (Å²) in [6.07, 6.45) is 0. The van der Waals surface area contributed by atoms with Gasteiger partial charge >= 0.3 is 0 Å². The molecule has 0 saturated heterocycles. The molecule has 0 aliphatic heterocycles. The minimum absolute atomic E-state index is 0. The second kappa shape index (κ2) is 35.4. The molecule has 0 N–H and O–H groups in total. The predicted octanol–water partition coefficient (Wildman–Crippen LogP) is 14.7. The Morgan fingerprint density at radius 3 is 0.286 bits per heavy atom. The Hall–Kier alpha value is -7.76. The van der Waals surface area contributed by atoms with Gasteiger partial charge in [-0.05, 0) is 153 Å². The van der Waals surface area contributed by atoms with Crippen LogP contribution >= 0.6 is 31.7 Å². The van der Waals surface area contributed by atoms with Gasteiger partial charge in [-0.25, -0.2) is 0 Å². The summed E-state index contributed by atoms with van der Waals surface area (Å²) < 4.78 is 0. The Morgan fingerprint density at radius 1 is 0.131 bits per heavy atom. The van der Waals surface area contributed by atoms with Crippen LogP contribution in [0.15, 0.2) is 394 Å². The van der Waals surface area contributed by atoms with Crippen LogP contribution in [0.4, 0.5) is 0 Å². The summed E-state index contributed by atoms with van der Waals surface area (Å²) in [7, 11) is -3.51. The molecule has 0 nitrogen and oxygen atoms in total. The molecule has 0 spiro atoms. The molecule has 0 bridgehead atoms. The van der Waals surface area contributed by atoms with Gasteiger partial charge in [0.15, 0.2) is 0 Å². The van der Waals surface area contributed by atoms with Gasteiger partial charge in [0, 0.05) is 20.4 Å². The van der Waals surface area contributed by atoms with Gasteiger partial charge < -0.3 is 0 Å². The maximum atomic E-state index is 2.24. The summed E-state index contributed by atoms with van der Waals surface area (Å²) in [4.78, 5) is 0. The third-order valence-electron chi connectivity index (χ3n) is 13.7. The van der Waals surface area contributed by atoms with E-state index >= 15 is 0 Å². The molecule has 13 aromatic rings. The van der Waals surface area contributed by atoms with Crippen LogP contribution in [-0.2, 0) is 20.4 Å². The summed E-state index contributed by atoms with van der Waals surface area (Å²) in [5.74, 6) is 0. The van der Waals surface area contributed by atoms with Gasteiger partial charge in [-0.2, -0.15) is 0 Å². The molecule has 0 fully saturated rings. The topological polar surface area (TPSA) is 0 Å². The fraction of sp³-hybridized carbons (Fsp3) is 0.0127. The Morgan fingerprint density at radius 2 is 0.214 bits per heavy atom. The smallest absolute Gasteiger partial charge is 0.0622 e. The maximum Gasteiger partial charge on any atom is 0.102 e. The third kappa shape index (κ3) is 19.1. The van der Waals surface area contributed by atoms with E-state index in [2.05, 4.69) is 383 Å². The van der Waals surface area contributed by atoms with Crippen LogP contribution in [-0.4, -0.2) is 0 Å². The Balaban J connectivity index is 0.000000140. The fourth-order valence-electron chi connectivity index (χ4n) is 9.79. The quantitative estimate of drug-likeness (QED) is 0.0845. The van der Waals surface area contributed by atoms with Gasteiger partial charge in [0.1, 0.15) is 63.7 Å². The number of benzene rings is 13. The van der Waals surface area contributed by atoms with Crippen molar-refractivity contribution in [1.29, 1.82) is 0 Å². The van der Waals surface area contributed by atoms with Gasteiger partial charge in [-0.1, -0.05) is 254 Å². The van der Waals surface area contributed by atoms with E-state index in [1.54, 1.807) is 0 Å². The van der Waals surface area contributed by atoms with E-state index in [0.717, 1.165) is 0 Å². The Kier molecular flexibility index (Phi) is 26.2. The van der Waals surface area contributed by atoms with Crippen molar-refractivity contribution < 1.29 is 20.4 Å². The fourth-order valence-corrected chi connectivity index (χ4v) is 20.1. The van der Waals surface area contributed by atoms with E-state index in [1.165, 1.54) is 69.2 Å². The van der Waals surface area contributed by atoms with Crippen LogP contribution in [0.3, 0.4) is 0 Å². The molecule has 0 radical (unpaired) electrons. The van der Waals surface area contributed by atoms with Crippen molar-refractivity contribution in [3.63, 3.8) is 0 Å². The van der Waals surface area contributed by atoms with Gasteiger partial charge in [0.05, 0.1) is 31.7 Å². The van der Waals surface area contributed by atoms with Crippen molar-refractivity contribution in [2.75, 3.05) is 0 Å². The van der Waals surface area contributed by atoms with Crippen molar-refractivity contribution in [1.82, 2.24) is 0 Å². The number of rotatable bonds is 12. The first-order chi connectivity index (χ1) is 41.2. The summed E-state index contributed by atoms with van der Waals surface area (Å²) in [6.45, 7) is 2.08. The first-order valence-corrected chi connectivity index (χ1v) is 34.3. The average Bonchev–Trinajstić information content (AvgIpc) is 3.76. The summed E-state index contributed by atoms with van der Waals surface area (Å²) in [6, 6.07) is 140. The second-order valence-electron chi connectivity index (χ2n) is 19.5. The zero-order valence-corrected chi connectivity index (χ0v) is 52.9. The van der Waals surface area contributed by atoms with E-state index in [-0.39, 0.29) is 20.4 Å². The van der Waals surface area contributed by atoms with Crippen LogP contribution in [0.25, 0.3) is 0 Å². The SMILES string of the molecule is Cc1ccccc1.[Pd].c1ccc([PH+](c2ccccc2)c2ccccc2)cc1.c1ccc([PH+](c2ccccc2)c2ccccc2)cc1.c1ccc([PH+](c2ccccc2)c2ccccc2)cc1.c1ccc([PH+](c2ccccc2)c2ccccc2)cc1. The number of hydrogen-bond donors (Lipinski definition) is 0. The van der Waals surface area contributed by atoms with Crippen molar-refractivity contribution >= 4 is 95.3 Å². The van der Waals surface area contributed by atoms with Crippen LogP contribution in [0.1, 0.15) is 5.56 Å². The number of hydrogen-bond acceptors (Lipinski definition) is 0. The van der Waals surface area contributed by atoms with E-state index in [4.69, 9.17) is 0 Å². The standard InChI is InChI=1S/4C18H15P.C7H8.Pd/c4*1-4-10-16(11-5-1)19(17-12-6-2-7-13-17)18-14-8-3-9-15-18;1-7-5-3-2-4-6-7;/h4*1-15H;2-6H,1H3;/p+4. The molecule has 13 rings (SSSR count). The maximum absolute atomic E-state index is 2.24. The summed E-state index contributed by atoms with van der Waals surface area (Å²) in [5.41, 5.74) is 1.32. The van der Waals surface area contributed by atoms with E-state index in [1.807, 2.05) is 18.2 Å². The first kappa shape index (κ1) is 62.3. The Bertz CT molecular complexity index is 2900. The molecule has 0 heterocycles. The van der Waals surface area contributed by atoms with Gasteiger partial charge in [0.2, 0.25) is 0 Å². The van der Waals surface area contributed by atoms with Crippen molar-refractivity contribution in [2.24, 2.45) is 0 Å². The molecule has 13 aromatic carbocycles. The molecule has 0 aliphatic rings.